The highest BCUT2D eigenvalue weighted by atomic mass is 16.3. The van der Waals surface area contributed by atoms with Crippen molar-refractivity contribution in [3.05, 3.63) is 0 Å². The van der Waals surface area contributed by atoms with Gasteiger partial charge in [-0.05, 0) is 60.9 Å². The third kappa shape index (κ3) is 1.70. The Morgan fingerprint density at radius 1 is 1.14 bits per heavy atom. The van der Waals surface area contributed by atoms with Crippen molar-refractivity contribution in [2.24, 2.45) is 0 Å². The number of hydrogen-bond donors (Lipinski definition) is 1. The average Bonchev–Trinajstić information content (AvgIpc) is 2.24. The first-order valence-electron chi connectivity index (χ1n) is 5.58. The zero-order chi connectivity index (χ0) is 11.2. The van der Waals surface area contributed by atoms with Crippen molar-refractivity contribution in [2.75, 3.05) is 7.05 Å². The van der Waals surface area contributed by atoms with E-state index in [9.17, 15) is 5.11 Å². The second-order valence-electron chi connectivity index (χ2n) is 6.13. The van der Waals surface area contributed by atoms with Gasteiger partial charge in [-0.15, -0.1) is 0 Å². The molecule has 0 heterocycles. The summed E-state index contributed by atoms with van der Waals surface area (Å²) in [4.78, 5) is 2.33. The Balaban J connectivity index is 2.95. The third-order valence-electron chi connectivity index (χ3n) is 4.23. The van der Waals surface area contributed by atoms with Crippen molar-refractivity contribution < 1.29 is 5.11 Å². The van der Waals surface area contributed by atoms with Crippen molar-refractivity contribution in [3.63, 3.8) is 0 Å². The standard InChI is InChI=1S/C12H25NO/c1-10(2,3)13(6)11(4)8-7-9-12(11,5)14/h14H,7-9H2,1-6H3. The van der Waals surface area contributed by atoms with Gasteiger partial charge in [-0.3, -0.25) is 4.90 Å². The van der Waals surface area contributed by atoms with E-state index in [1.165, 1.54) is 0 Å². The lowest BCUT2D eigenvalue weighted by Gasteiger charge is -2.50. The predicted octanol–water partition coefficient (Wildman–Crippen LogP) is 2.41. The molecule has 1 fully saturated rings. The summed E-state index contributed by atoms with van der Waals surface area (Å²) in [6, 6.07) is 0. The zero-order valence-electron chi connectivity index (χ0n) is 10.5. The molecular weight excluding hydrogens is 174 g/mol. The highest BCUT2D eigenvalue weighted by Gasteiger charge is 2.52. The molecule has 1 aliphatic rings. The molecule has 0 aromatic heterocycles. The number of hydrogen-bond acceptors (Lipinski definition) is 2. The van der Waals surface area contributed by atoms with Crippen LogP contribution in [-0.4, -0.2) is 33.7 Å². The van der Waals surface area contributed by atoms with E-state index >= 15 is 0 Å². The molecule has 14 heavy (non-hydrogen) atoms. The van der Waals surface area contributed by atoms with Crippen molar-refractivity contribution in [1.82, 2.24) is 4.90 Å². The fourth-order valence-corrected chi connectivity index (χ4v) is 2.58. The van der Waals surface area contributed by atoms with E-state index in [-0.39, 0.29) is 11.1 Å². The van der Waals surface area contributed by atoms with Crippen LogP contribution in [0, 0.1) is 0 Å². The molecule has 0 aromatic rings. The van der Waals surface area contributed by atoms with Gasteiger partial charge < -0.3 is 5.11 Å². The van der Waals surface area contributed by atoms with E-state index in [0.717, 1.165) is 19.3 Å². The van der Waals surface area contributed by atoms with Crippen LogP contribution in [0.1, 0.15) is 53.9 Å². The Kier molecular flexibility index (Phi) is 2.75. The maximum atomic E-state index is 10.4. The quantitative estimate of drug-likeness (QED) is 0.701. The first-order valence-corrected chi connectivity index (χ1v) is 5.58. The second-order valence-corrected chi connectivity index (χ2v) is 6.13. The van der Waals surface area contributed by atoms with Crippen LogP contribution in [0.5, 0.6) is 0 Å². The molecule has 0 bridgehead atoms. The number of likely N-dealkylation sites (N-methyl/N-ethyl adjacent to an activating group) is 1. The third-order valence-corrected chi connectivity index (χ3v) is 4.23. The Bertz CT molecular complexity index is 217. The minimum atomic E-state index is -0.547. The summed E-state index contributed by atoms with van der Waals surface area (Å²) in [7, 11) is 2.12. The van der Waals surface area contributed by atoms with Gasteiger partial charge in [0.25, 0.3) is 0 Å². The summed E-state index contributed by atoms with van der Waals surface area (Å²) >= 11 is 0. The lowest BCUT2D eigenvalue weighted by atomic mass is 9.82. The molecular formula is C12H25NO. The van der Waals surface area contributed by atoms with E-state index in [1.54, 1.807) is 0 Å². The van der Waals surface area contributed by atoms with Crippen LogP contribution in [0.25, 0.3) is 0 Å². The molecule has 1 saturated carbocycles. The van der Waals surface area contributed by atoms with E-state index in [0.29, 0.717) is 0 Å². The van der Waals surface area contributed by atoms with Crippen LogP contribution in [0.4, 0.5) is 0 Å². The lowest BCUT2D eigenvalue weighted by Crippen LogP contribution is -2.61. The minimum absolute atomic E-state index is 0.0781. The molecule has 2 unspecified atom stereocenters. The highest BCUT2D eigenvalue weighted by molar-refractivity contribution is 5.07. The Morgan fingerprint density at radius 2 is 1.64 bits per heavy atom. The lowest BCUT2D eigenvalue weighted by molar-refractivity contribution is -0.0925. The van der Waals surface area contributed by atoms with E-state index < -0.39 is 5.60 Å². The van der Waals surface area contributed by atoms with E-state index in [1.807, 2.05) is 6.92 Å². The maximum Gasteiger partial charge on any atom is 0.0800 e. The van der Waals surface area contributed by atoms with Gasteiger partial charge in [-0.25, -0.2) is 0 Å². The van der Waals surface area contributed by atoms with E-state index in [2.05, 4.69) is 39.6 Å². The summed E-state index contributed by atoms with van der Waals surface area (Å²) in [5.41, 5.74) is -0.511. The molecule has 0 saturated heterocycles. The fraction of sp³-hybridized carbons (Fsp3) is 1.00. The van der Waals surface area contributed by atoms with Gasteiger partial charge in [0.05, 0.1) is 5.60 Å². The van der Waals surface area contributed by atoms with Crippen LogP contribution >= 0.6 is 0 Å². The molecule has 2 atom stereocenters. The van der Waals surface area contributed by atoms with Crippen LogP contribution < -0.4 is 0 Å². The van der Waals surface area contributed by atoms with Gasteiger partial charge in [0.15, 0.2) is 0 Å². The fourth-order valence-electron chi connectivity index (χ4n) is 2.58. The van der Waals surface area contributed by atoms with Crippen LogP contribution in [-0.2, 0) is 0 Å². The molecule has 0 radical (unpaired) electrons. The van der Waals surface area contributed by atoms with Crippen LogP contribution in [0.15, 0.2) is 0 Å². The number of aliphatic hydroxyl groups is 1. The number of nitrogens with zero attached hydrogens (tertiary/aromatic N) is 1. The molecule has 1 rings (SSSR count). The van der Waals surface area contributed by atoms with Gasteiger partial charge in [-0.1, -0.05) is 0 Å². The Morgan fingerprint density at radius 3 is 1.93 bits per heavy atom. The second kappa shape index (κ2) is 3.21. The summed E-state index contributed by atoms with van der Waals surface area (Å²) in [6.07, 6.45) is 3.14. The molecule has 1 N–H and O–H groups in total. The summed E-state index contributed by atoms with van der Waals surface area (Å²) in [5.74, 6) is 0. The average molecular weight is 199 g/mol. The van der Waals surface area contributed by atoms with Gasteiger partial charge in [0, 0.05) is 11.1 Å². The maximum absolute atomic E-state index is 10.4. The van der Waals surface area contributed by atoms with Gasteiger partial charge in [-0.2, -0.15) is 0 Å². The van der Waals surface area contributed by atoms with Crippen molar-refractivity contribution in [2.45, 2.75) is 70.6 Å². The normalized spacial score (nSPS) is 39.4. The highest BCUT2D eigenvalue weighted by Crippen LogP contribution is 2.44. The smallest absolute Gasteiger partial charge is 0.0800 e. The van der Waals surface area contributed by atoms with Crippen molar-refractivity contribution in [1.29, 1.82) is 0 Å². The predicted molar refractivity (Wildman–Crippen MR) is 60.4 cm³/mol. The molecule has 84 valence electrons. The molecule has 0 aromatic carbocycles. The molecule has 1 aliphatic carbocycles. The van der Waals surface area contributed by atoms with Gasteiger partial charge in [0.1, 0.15) is 0 Å². The van der Waals surface area contributed by atoms with Gasteiger partial charge in [0.2, 0.25) is 0 Å². The molecule has 2 nitrogen and oxygen atoms in total. The number of rotatable bonds is 1. The molecule has 2 heteroatoms. The first kappa shape index (κ1) is 12.0. The molecule has 0 spiro atoms. The van der Waals surface area contributed by atoms with Crippen molar-refractivity contribution >= 4 is 0 Å². The largest absolute Gasteiger partial charge is 0.388 e. The molecule has 0 amide bonds. The first-order chi connectivity index (χ1) is 6.11. The van der Waals surface area contributed by atoms with Gasteiger partial charge >= 0.3 is 0 Å². The Hall–Kier alpha value is -0.0800. The molecule has 0 aliphatic heterocycles. The van der Waals surface area contributed by atoms with E-state index in [4.69, 9.17) is 0 Å². The Labute approximate surface area is 88.3 Å². The van der Waals surface area contributed by atoms with Crippen molar-refractivity contribution in [3.8, 4) is 0 Å². The van der Waals surface area contributed by atoms with Crippen LogP contribution in [0.2, 0.25) is 0 Å². The summed E-state index contributed by atoms with van der Waals surface area (Å²) in [5, 5.41) is 10.4. The summed E-state index contributed by atoms with van der Waals surface area (Å²) in [6.45, 7) is 10.8. The monoisotopic (exact) mass is 199 g/mol. The van der Waals surface area contributed by atoms with Crippen LogP contribution in [0.3, 0.4) is 0 Å². The zero-order valence-corrected chi connectivity index (χ0v) is 10.5. The minimum Gasteiger partial charge on any atom is -0.388 e. The SMILES string of the molecule is CN(C(C)(C)C)C1(C)CCCC1(C)O. The summed E-state index contributed by atoms with van der Waals surface area (Å²) < 4.78 is 0. The topological polar surface area (TPSA) is 23.5 Å².